The maximum atomic E-state index is 12.2. The number of piperazine rings is 1. The number of nitrogens with one attached hydrogen (secondary N) is 1. The molecule has 1 N–H and O–H groups in total. The van der Waals surface area contributed by atoms with Crippen LogP contribution in [0.3, 0.4) is 0 Å². The van der Waals surface area contributed by atoms with Gasteiger partial charge in [-0.05, 0) is 31.4 Å². The predicted octanol–water partition coefficient (Wildman–Crippen LogP) is 1.50. The van der Waals surface area contributed by atoms with Crippen LogP contribution in [0.1, 0.15) is 36.0 Å². The Labute approximate surface area is 137 Å². The van der Waals surface area contributed by atoms with Gasteiger partial charge in [-0.2, -0.15) is 0 Å². The van der Waals surface area contributed by atoms with E-state index in [-0.39, 0.29) is 11.8 Å². The van der Waals surface area contributed by atoms with Gasteiger partial charge in [-0.15, -0.1) is 0 Å². The maximum absolute atomic E-state index is 12.2. The zero-order chi connectivity index (χ0) is 16.1. The molecule has 1 aromatic rings. The molecule has 0 unspecified atom stereocenters. The fraction of sp³-hybridized carbons (Fsp3) is 0.556. The van der Waals surface area contributed by atoms with Gasteiger partial charge in [0.2, 0.25) is 5.91 Å². The lowest BCUT2D eigenvalue weighted by molar-refractivity contribution is -0.133. The summed E-state index contributed by atoms with van der Waals surface area (Å²) in [6.07, 6.45) is 3.86. The Morgan fingerprint density at radius 3 is 2.39 bits per heavy atom. The Kier molecular flexibility index (Phi) is 5.28. The van der Waals surface area contributed by atoms with E-state index in [1.165, 1.54) is 12.8 Å². The second-order valence-electron chi connectivity index (χ2n) is 6.37. The molecule has 1 aliphatic heterocycles. The average Bonchev–Trinajstić information content (AvgIpc) is 3.44. The summed E-state index contributed by atoms with van der Waals surface area (Å²) in [4.78, 5) is 28.6. The maximum Gasteiger partial charge on any atom is 0.251 e. The highest BCUT2D eigenvalue weighted by Gasteiger charge is 2.31. The normalized spacial score (nSPS) is 18.7. The molecule has 3 rings (SSSR count). The number of carbonyl (C=O) groups is 2. The molecule has 0 radical (unpaired) electrons. The fourth-order valence-corrected chi connectivity index (χ4v) is 3.07. The van der Waals surface area contributed by atoms with Crippen LogP contribution in [0.4, 0.5) is 0 Å². The van der Waals surface area contributed by atoms with E-state index < -0.39 is 0 Å². The van der Waals surface area contributed by atoms with Gasteiger partial charge in [-0.25, -0.2) is 0 Å². The molecule has 23 heavy (non-hydrogen) atoms. The number of hydrogen-bond acceptors (Lipinski definition) is 3. The van der Waals surface area contributed by atoms with Gasteiger partial charge >= 0.3 is 0 Å². The first-order valence-corrected chi connectivity index (χ1v) is 8.59. The van der Waals surface area contributed by atoms with Crippen molar-refractivity contribution in [3.05, 3.63) is 35.9 Å². The van der Waals surface area contributed by atoms with E-state index in [1.54, 1.807) is 12.1 Å². The molecule has 1 saturated heterocycles. The lowest BCUT2D eigenvalue weighted by Gasteiger charge is -2.34. The number of hydrogen-bond donors (Lipinski definition) is 1. The topological polar surface area (TPSA) is 52.7 Å². The summed E-state index contributed by atoms with van der Waals surface area (Å²) in [7, 11) is 0. The smallest absolute Gasteiger partial charge is 0.251 e. The van der Waals surface area contributed by atoms with Crippen LogP contribution in [0, 0.1) is 0 Å². The fourth-order valence-electron chi connectivity index (χ4n) is 3.07. The van der Waals surface area contributed by atoms with E-state index in [2.05, 4.69) is 10.2 Å². The monoisotopic (exact) mass is 315 g/mol. The Bertz CT molecular complexity index is 534. The molecule has 5 heteroatoms. The van der Waals surface area contributed by atoms with Crippen LogP contribution in [-0.4, -0.2) is 60.4 Å². The summed E-state index contributed by atoms with van der Waals surface area (Å²) < 4.78 is 0. The Balaban J connectivity index is 1.31. The van der Waals surface area contributed by atoms with E-state index in [0.717, 1.165) is 32.2 Å². The molecule has 124 valence electrons. The molecule has 5 nitrogen and oxygen atoms in total. The first-order chi connectivity index (χ1) is 11.2. The summed E-state index contributed by atoms with van der Waals surface area (Å²) in [6, 6.07) is 9.96. The molecule has 2 fully saturated rings. The Hall–Kier alpha value is -1.88. The van der Waals surface area contributed by atoms with Crippen molar-refractivity contribution in [1.29, 1.82) is 0 Å². The summed E-state index contributed by atoms with van der Waals surface area (Å²) in [5, 5.41) is 2.87. The summed E-state index contributed by atoms with van der Waals surface area (Å²) in [5.41, 5.74) is 0.662. The minimum Gasteiger partial charge on any atom is -0.352 e. The van der Waals surface area contributed by atoms with E-state index in [0.29, 0.717) is 24.9 Å². The highest BCUT2D eigenvalue weighted by Crippen LogP contribution is 2.27. The van der Waals surface area contributed by atoms with Crippen molar-refractivity contribution in [3.8, 4) is 0 Å². The number of rotatable bonds is 6. The van der Waals surface area contributed by atoms with Crippen LogP contribution in [-0.2, 0) is 4.79 Å². The number of carbonyl (C=O) groups excluding carboxylic acids is 2. The molecule has 1 aromatic carbocycles. The van der Waals surface area contributed by atoms with Gasteiger partial charge in [0.25, 0.3) is 5.91 Å². The molecule has 2 amide bonds. The van der Waals surface area contributed by atoms with Crippen LogP contribution in [0.25, 0.3) is 0 Å². The van der Waals surface area contributed by atoms with Crippen LogP contribution in [0.2, 0.25) is 0 Å². The minimum absolute atomic E-state index is 0.0731. The second kappa shape index (κ2) is 7.59. The third-order valence-corrected chi connectivity index (χ3v) is 4.62. The molecule has 1 heterocycles. The Morgan fingerprint density at radius 2 is 1.74 bits per heavy atom. The minimum atomic E-state index is -0.0731. The quantitative estimate of drug-likeness (QED) is 0.810. The molecule has 0 atom stereocenters. The van der Waals surface area contributed by atoms with Crippen LogP contribution < -0.4 is 5.32 Å². The van der Waals surface area contributed by atoms with Gasteiger partial charge in [0, 0.05) is 50.7 Å². The molecule has 0 spiro atoms. The molecule has 0 aromatic heterocycles. The standard InChI is InChI=1S/C18H25N3O2/c22-17(21-13-11-20(12-14-21)16-8-9-16)7-4-10-19-18(23)15-5-2-1-3-6-15/h1-3,5-6,16H,4,7-14H2,(H,19,23). The van der Waals surface area contributed by atoms with Gasteiger partial charge in [0.05, 0.1) is 0 Å². The molecule has 1 aliphatic carbocycles. The van der Waals surface area contributed by atoms with Crippen molar-refractivity contribution in [3.63, 3.8) is 0 Å². The van der Waals surface area contributed by atoms with Crippen molar-refractivity contribution in [2.75, 3.05) is 32.7 Å². The predicted molar refractivity (Wildman–Crippen MR) is 89.2 cm³/mol. The van der Waals surface area contributed by atoms with Crippen molar-refractivity contribution in [1.82, 2.24) is 15.1 Å². The number of amides is 2. The van der Waals surface area contributed by atoms with E-state index in [1.807, 2.05) is 23.1 Å². The molecule has 2 aliphatic rings. The second-order valence-corrected chi connectivity index (χ2v) is 6.37. The highest BCUT2D eigenvalue weighted by atomic mass is 16.2. The van der Waals surface area contributed by atoms with Gasteiger partial charge < -0.3 is 10.2 Å². The number of benzene rings is 1. The molecule has 1 saturated carbocycles. The third-order valence-electron chi connectivity index (χ3n) is 4.62. The first-order valence-electron chi connectivity index (χ1n) is 8.59. The van der Waals surface area contributed by atoms with Crippen molar-refractivity contribution in [2.24, 2.45) is 0 Å². The summed E-state index contributed by atoms with van der Waals surface area (Å²) in [6.45, 7) is 4.28. The van der Waals surface area contributed by atoms with Gasteiger partial charge in [0.1, 0.15) is 0 Å². The van der Waals surface area contributed by atoms with Gasteiger partial charge in [-0.1, -0.05) is 18.2 Å². The van der Waals surface area contributed by atoms with E-state index in [9.17, 15) is 9.59 Å². The van der Waals surface area contributed by atoms with Crippen LogP contribution in [0.15, 0.2) is 30.3 Å². The third kappa shape index (κ3) is 4.55. The molecular formula is C18H25N3O2. The molecule has 0 bridgehead atoms. The SMILES string of the molecule is O=C(NCCCC(=O)N1CCN(C2CC2)CC1)c1ccccc1. The molecular weight excluding hydrogens is 290 g/mol. The van der Waals surface area contributed by atoms with Gasteiger partial charge in [-0.3, -0.25) is 14.5 Å². The summed E-state index contributed by atoms with van der Waals surface area (Å²) in [5.74, 6) is 0.144. The lowest BCUT2D eigenvalue weighted by atomic mass is 10.2. The zero-order valence-corrected chi connectivity index (χ0v) is 13.5. The Morgan fingerprint density at radius 1 is 1.04 bits per heavy atom. The van der Waals surface area contributed by atoms with Crippen molar-refractivity contribution < 1.29 is 9.59 Å². The number of nitrogens with zero attached hydrogens (tertiary/aromatic N) is 2. The lowest BCUT2D eigenvalue weighted by Crippen LogP contribution is -2.49. The average molecular weight is 315 g/mol. The first kappa shape index (κ1) is 16.0. The largest absolute Gasteiger partial charge is 0.352 e. The van der Waals surface area contributed by atoms with Crippen molar-refractivity contribution in [2.45, 2.75) is 31.7 Å². The van der Waals surface area contributed by atoms with E-state index in [4.69, 9.17) is 0 Å². The summed E-state index contributed by atoms with van der Waals surface area (Å²) >= 11 is 0. The van der Waals surface area contributed by atoms with E-state index >= 15 is 0 Å². The van der Waals surface area contributed by atoms with Crippen LogP contribution in [0.5, 0.6) is 0 Å². The van der Waals surface area contributed by atoms with Crippen molar-refractivity contribution >= 4 is 11.8 Å². The van der Waals surface area contributed by atoms with Gasteiger partial charge in [0.15, 0.2) is 0 Å². The zero-order valence-electron chi connectivity index (χ0n) is 13.5. The highest BCUT2D eigenvalue weighted by molar-refractivity contribution is 5.94. The van der Waals surface area contributed by atoms with Crippen LogP contribution >= 0.6 is 0 Å².